The molecule has 0 aromatic heterocycles. The van der Waals surface area contributed by atoms with Crippen LogP contribution < -0.4 is 29.3 Å². The van der Waals surface area contributed by atoms with Gasteiger partial charge >= 0.3 is 6.16 Å². The van der Waals surface area contributed by atoms with Gasteiger partial charge in [0.05, 0.1) is 92.0 Å². The summed E-state index contributed by atoms with van der Waals surface area (Å²) >= 11 is 0. The summed E-state index contributed by atoms with van der Waals surface area (Å²) in [6, 6.07) is 47.4. The van der Waals surface area contributed by atoms with Crippen molar-refractivity contribution in [3.8, 4) is 34.5 Å². The van der Waals surface area contributed by atoms with Gasteiger partial charge in [0, 0.05) is 38.5 Å². The minimum atomic E-state index is -0.923. The maximum atomic E-state index is 11.6. The summed E-state index contributed by atoms with van der Waals surface area (Å²) in [5, 5.41) is 24.7. The summed E-state index contributed by atoms with van der Waals surface area (Å²) in [4.78, 5) is 16.0. The highest BCUT2D eigenvalue weighted by atomic mass is 16.8. The van der Waals surface area contributed by atoms with Gasteiger partial charge in [-0.25, -0.2) is 4.79 Å². The number of aliphatic hydroxyl groups excluding tert-OH is 2. The number of rotatable bonds is 3. The van der Waals surface area contributed by atoms with Crippen LogP contribution in [0.3, 0.4) is 0 Å². The van der Waals surface area contributed by atoms with Gasteiger partial charge in [-0.15, -0.1) is 0 Å². The van der Waals surface area contributed by atoms with Crippen LogP contribution in [-0.2, 0) is 37.9 Å². The molecule has 5 atom stereocenters. The molecule has 0 amide bonds. The first-order chi connectivity index (χ1) is 39.8. The number of aliphatic hydroxyl groups is 2. The van der Waals surface area contributed by atoms with E-state index in [1.165, 1.54) is 0 Å². The molecular weight excluding hydrogens is 1050 g/mol. The first-order valence-electron chi connectivity index (χ1n) is 28.2. The van der Waals surface area contributed by atoms with Crippen LogP contribution in [-0.4, -0.2) is 109 Å². The van der Waals surface area contributed by atoms with Crippen LogP contribution in [0, 0.1) is 0 Å². The fourth-order valence-electron chi connectivity index (χ4n) is 11.8. The predicted octanol–water partition coefficient (Wildman–Crippen LogP) is 12.9. The number of nitrogens with zero attached hydrogens (tertiary/aromatic N) is 2. The molecule has 17 nitrogen and oxygen atoms in total. The zero-order valence-corrected chi connectivity index (χ0v) is 46.2. The van der Waals surface area contributed by atoms with E-state index in [-0.39, 0.29) is 18.6 Å². The van der Waals surface area contributed by atoms with Gasteiger partial charge in [-0.3, -0.25) is 0 Å². The number of nitrogens with one attached hydrogen (secondary N) is 1. The minimum absolute atomic E-state index is 0.169. The number of hydrogen-bond acceptors (Lipinski definition) is 17. The molecule has 17 heteroatoms. The number of fused-ring (bicyclic) bond motifs is 6. The highest BCUT2D eigenvalue weighted by Gasteiger charge is 2.52. The molecule has 6 aromatic rings. The molecule has 3 spiro atoms. The second kappa shape index (κ2) is 23.4. The first-order valence-corrected chi connectivity index (χ1v) is 28.2. The zero-order chi connectivity index (χ0) is 56.3. The van der Waals surface area contributed by atoms with Crippen LogP contribution in [0.4, 0.5) is 38.9 Å². The third-order valence-electron chi connectivity index (χ3n) is 15.4. The van der Waals surface area contributed by atoms with Crippen molar-refractivity contribution in [3.63, 3.8) is 0 Å². The van der Waals surface area contributed by atoms with Crippen LogP contribution in [0.15, 0.2) is 170 Å². The van der Waals surface area contributed by atoms with Crippen molar-refractivity contribution < 1.29 is 67.1 Å². The van der Waals surface area contributed by atoms with E-state index in [2.05, 4.69) is 34.5 Å². The first kappa shape index (κ1) is 55.1. The van der Waals surface area contributed by atoms with Gasteiger partial charge in [0.1, 0.15) is 17.8 Å². The van der Waals surface area contributed by atoms with Crippen molar-refractivity contribution in [1.29, 1.82) is 0 Å². The molecule has 6 heterocycles. The zero-order valence-electron chi connectivity index (χ0n) is 46.2. The van der Waals surface area contributed by atoms with Crippen molar-refractivity contribution in [1.82, 2.24) is 0 Å². The highest BCUT2D eigenvalue weighted by Crippen LogP contribution is 2.52. The van der Waals surface area contributed by atoms with Gasteiger partial charge in [0.25, 0.3) is 0 Å². The smallest absolute Gasteiger partial charge is 0.453 e. The topological polar surface area (TPSA) is 178 Å². The number of anilines is 6. The van der Waals surface area contributed by atoms with Gasteiger partial charge in [0.2, 0.25) is 0 Å². The Labute approximate surface area is 477 Å². The van der Waals surface area contributed by atoms with Crippen LogP contribution in [0.25, 0.3) is 0 Å². The average Bonchev–Trinajstić information content (AvgIpc) is 3.24. The van der Waals surface area contributed by atoms with E-state index < -0.39 is 47.4 Å². The van der Waals surface area contributed by atoms with Crippen LogP contribution in [0.5, 0.6) is 34.5 Å². The van der Waals surface area contributed by atoms with Gasteiger partial charge in [-0.05, 0) is 99.6 Å². The molecule has 0 bridgehead atoms. The van der Waals surface area contributed by atoms with Crippen molar-refractivity contribution in [2.24, 2.45) is 0 Å². The predicted molar refractivity (Wildman–Crippen MR) is 307 cm³/mol. The lowest BCUT2D eigenvalue weighted by Crippen LogP contribution is -2.58. The Balaban J connectivity index is 0.000000111. The van der Waals surface area contributed by atoms with Gasteiger partial charge < -0.3 is 77.4 Å². The van der Waals surface area contributed by atoms with E-state index in [1.54, 1.807) is 20.8 Å². The van der Waals surface area contributed by atoms with Gasteiger partial charge in [-0.1, -0.05) is 91.0 Å². The maximum absolute atomic E-state index is 11.6. The molecule has 428 valence electrons. The SMILES string of the molecule is C1=C[C@@H](N2c3ccccc3Oc3ccccc32)CC2(C1)OCCO2.CC(C)(C)OC(=O)OC1C=CCC2(C1)OCCO2.O[C@H]1[C@@H](O)CC2(C[C@@H]1N1c3ccccc3Oc3ccccc31)OCCO2.c1ccc2c(c1)Nc1ccccc1O2. The third-order valence-corrected chi connectivity index (χ3v) is 15.4. The Hall–Kier alpha value is -7.45. The number of para-hydroxylation sites is 12. The Morgan fingerprint density at radius 2 is 0.902 bits per heavy atom. The Morgan fingerprint density at radius 3 is 1.39 bits per heavy atom. The summed E-state index contributed by atoms with van der Waals surface area (Å²) in [5.41, 5.74) is 5.38. The van der Waals surface area contributed by atoms with Crippen molar-refractivity contribution >= 4 is 40.3 Å². The minimum Gasteiger partial charge on any atom is -0.453 e. The summed E-state index contributed by atoms with van der Waals surface area (Å²) in [5.74, 6) is 3.06. The van der Waals surface area contributed by atoms with Crippen LogP contribution in [0.2, 0.25) is 0 Å². The number of hydrogen-bond donors (Lipinski definition) is 3. The Morgan fingerprint density at radius 1 is 0.500 bits per heavy atom. The second-order valence-electron chi connectivity index (χ2n) is 22.3. The maximum Gasteiger partial charge on any atom is 0.509 e. The van der Waals surface area contributed by atoms with E-state index >= 15 is 0 Å². The summed E-state index contributed by atoms with van der Waals surface area (Å²) in [6.07, 6.45) is 8.93. The normalized spacial score (nSPS) is 24.0. The van der Waals surface area contributed by atoms with E-state index in [1.807, 2.05) is 151 Å². The van der Waals surface area contributed by atoms with Gasteiger partial charge in [-0.2, -0.15) is 0 Å². The van der Waals surface area contributed by atoms with Crippen LogP contribution >= 0.6 is 0 Å². The Kier molecular flexibility index (Phi) is 15.7. The van der Waals surface area contributed by atoms with E-state index in [4.69, 9.17) is 52.1 Å². The molecule has 9 aliphatic rings. The molecule has 3 aliphatic carbocycles. The lowest BCUT2D eigenvalue weighted by Gasteiger charge is -2.48. The third kappa shape index (κ3) is 11.9. The summed E-state index contributed by atoms with van der Waals surface area (Å²) in [6.45, 7) is 8.95. The molecule has 4 fully saturated rings. The van der Waals surface area contributed by atoms with Crippen molar-refractivity contribution in [2.75, 3.05) is 54.8 Å². The molecule has 3 N–H and O–H groups in total. The molecule has 0 radical (unpaired) electrons. The molecule has 6 aromatic carbocycles. The van der Waals surface area contributed by atoms with E-state index in [0.29, 0.717) is 58.9 Å². The van der Waals surface area contributed by atoms with E-state index in [9.17, 15) is 15.0 Å². The molecule has 6 aliphatic heterocycles. The van der Waals surface area contributed by atoms with Crippen molar-refractivity contribution in [3.05, 3.63) is 170 Å². The average molecular weight is 1120 g/mol. The largest absolute Gasteiger partial charge is 0.509 e. The highest BCUT2D eigenvalue weighted by molar-refractivity contribution is 5.80. The number of carbonyl (C=O) groups excluding carboxylic acids is 1. The van der Waals surface area contributed by atoms with Crippen LogP contribution in [0.1, 0.15) is 59.3 Å². The molecule has 15 rings (SSSR count). The molecule has 1 saturated carbocycles. The molecule has 3 saturated heterocycles. The summed E-state index contributed by atoms with van der Waals surface area (Å²) < 4.78 is 63.0. The van der Waals surface area contributed by atoms with Gasteiger partial charge in [0.15, 0.2) is 51.9 Å². The summed E-state index contributed by atoms with van der Waals surface area (Å²) in [7, 11) is 0. The molecule has 1 unspecified atom stereocenters. The number of benzene rings is 6. The van der Waals surface area contributed by atoms with Crippen molar-refractivity contribution in [2.45, 2.75) is 113 Å². The quantitative estimate of drug-likeness (QED) is 0.112. The van der Waals surface area contributed by atoms with E-state index in [0.717, 1.165) is 81.5 Å². The lowest BCUT2D eigenvalue weighted by molar-refractivity contribution is -0.218. The Bertz CT molecular complexity index is 3090. The number of carbonyl (C=O) groups is 1. The second-order valence-corrected chi connectivity index (χ2v) is 22.3. The monoisotopic (exact) mass is 1120 g/mol. The lowest BCUT2D eigenvalue weighted by atomic mass is 9.83. The fourth-order valence-corrected chi connectivity index (χ4v) is 11.8. The fraction of sp³-hybridized carbons (Fsp3) is 0.369. The molecular formula is C65H69N3O14. The number of ether oxygens (including phenoxy) is 11. The molecule has 82 heavy (non-hydrogen) atoms. The standard InChI is InChI=1S/C20H21NO5.C20H19NO3.C13H20O5.C12H9NO/c22-16-12-20(24-9-10-25-20)11-15(19(16)23)21-13-5-1-3-7-17(13)26-18-8-4-2-6-14(18)21;1-3-9-18-16(7-1)21(17-8-2-4-10-19(17)24-18)15-6-5-11-20(14-15)22-12-13-23-20;1-12(2,3)18-11(14)17-10-5-4-6-13(9-10)15-7-8-16-13;1-3-7-11-9(5-1)13-10-6-2-4-8-12(10)14-11/h1-8,15-16,19,22-23H,9-12H2;1-10,15H,11-14H2;4-5,10H,6-9H2,1-3H3;1-8,13H/t15-,16-,19+;15-;;/m01../s1.